The minimum atomic E-state index is -4.76. The van der Waals surface area contributed by atoms with Crippen LogP contribution in [0.3, 0.4) is 0 Å². The molecule has 4 aromatic rings. The van der Waals surface area contributed by atoms with Gasteiger partial charge < -0.3 is 10.1 Å². The molecule has 0 aliphatic rings. The highest BCUT2D eigenvalue weighted by Crippen LogP contribution is 2.31. The molecule has 182 valence electrons. The van der Waals surface area contributed by atoms with E-state index in [4.69, 9.17) is 4.74 Å². The van der Waals surface area contributed by atoms with Gasteiger partial charge in [0.25, 0.3) is 5.91 Å². The standard InChI is InChI=1S/C25H24F3N5O2/c1-17-11-30-32(13-17)14-18-6-8-19(9-7-18)15-33-16-22(23(31-33)25(26,27)28)24(34)29-12-20-4-3-5-21(10-20)35-2/h3-11,13,16H,12,14-15H2,1-2H3,(H,29,34). The first-order valence-corrected chi connectivity index (χ1v) is 10.8. The molecule has 0 bridgehead atoms. The molecule has 0 saturated heterocycles. The van der Waals surface area contributed by atoms with Crippen LogP contribution in [0.15, 0.2) is 67.1 Å². The molecule has 0 aliphatic carbocycles. The number of aromatic nitrogens is 4. The molecule has 0 unspecified atom stereocenters. The lowest BCUT2D eigenvalue weighted by molar-refractivity contribution is -0.141. The zero-order valence-electron chi connectivity index (χ0n) is 19.2. The van der Waals surface area contributed by atoms with E-state index in [0.717, 1.165) is 27.6 Å². The monoisotopic (exact) mass is 483 g/mol. The van der Waals surface area contributed by atoms with Crippen molar-refractivity contribution < 1.29 is 22.7 Å². The van der Waals surface area contributed by atoms with Gasteiger partial charge in [0, 0.05) is 18.9 Å². The molecule has 4 rings (SSSR count). The lowest BCUT2D eigenvalue weighted by Gasteiger charge is -2.08. The van der Waals surface area contributed by atoms with Crippen molar-refractivity contribution in [3.63, 3.8) is 0 Å². The summed E-state index contributed by atoms with van der Waals surface area (Å²) in [4.78, 5) is 12.6. The number of nitrogens with zero attached hydrogens (tertiary/aromatic N) is 4. The van der Waals surface area contributed by atoms with Crippen LogP contribution in [0, 0.1) is 6.92 Å². The van der Waals surface area contributed by atoms with Gasteiger partial charge in [0.05, 0.1) is 32.0 Å². The highest BCUT2D eigenvalue weighted by molar-refractivity contribution is 5.95. The molecule has 35 heavy (non-hydrogen) atoms. The largest absolute Gasteiger partial charge is 0.497 e. The van der Waals surface area contributed by atoms with Crippen LogP contribution in [0.4, 0.5) is 13.2 Å². The van der Waals surface area contributed by atoms with Crippen LogP contribution < -0.4 is 10.1 Å². The van der Waals surface area contributed by atoms with E-state index in [1.807, 2.05) is 42.1 Å². The number of aryl methyl sites for hydroxylation is 1. The van der Waals surface area contributed by atoms with Crippen LogP contribution >= 0.6 is 0 Å². The van der Waals surface area contributed by atoms with Gasteiger partial charge in [-0.15, -0.1) is 0 Å². The molecule has 0 radical (unpaired) electrons. The molecule has 0 saturated carbocycles. The van der Waals surface area contributed by atoms with Gasteiger partial charge in [0.15, 0.2) is 5.69 Å². The van der Waals surface area contributed by atoms with Gasteiger partial charge in [0.1, 0.15) is 5.75 Å². The van der Waals surface area contributed by atoms with E-state index < -0.39 is 23.3 Å². The second-order valence-electron chi connectivity index (χ2n) is 8.15. The smallest absolute Gasteiger partial charge is 0.435 e. The average Bonchev–Trinajstić information content (AvgIpc) is 3.45. The number of halogens is 3. The van der Waals surface area contributed by atoms with Gasteiger partial charge >= 0.3 is 6.18 Å². The number of carbonyl (C=O) groups excluding carboxylic acids is 1. The van der Waals surface area contributed by atoms with Gasteiger partial charge in [0.2, 0.25) is 0 Å². The maximum absolute atomic E-state index is 13.6. The van der Waals surface area contributed by atoms with Crippen molar-refractivity contribution in [1.29, 1.82) is 0 Å². The fourth-order valence-corrected chi connectivity index (χ4v) is 3.62. The maximum Gasteiger partial charge on any atom is 0.435 e. The first kappa shape index (κ1) is 24.1. The minimum absolute atomic E-state index is 0.0513. The second kappa shape index (κ2) is 10.0. The summed E-state index contributed by atoms with van der Waals surface area (Å²) in [5.74, 6) is -0.262. The summed E-state index contributed by atoms with van der Waals surface area (Å²) < 4.78 is 48.9. The number of ether oxygens (including phenoxy) is 1. The van der Waals surface area contributed by atoms with E-state index in [9.17, 15) is 18.0 Å². The molecule has 1 N–H and O–H groups in total. The molecule has 10 heteroatoms. The predicted molar refractivity (Wildman–Crippen MR) is 123 cm³/mol. The van der Waals surface area contributed by atoms with Crippen molar-refractivity contribution in [1.82, 2.24) is 24.9 Å². The zero-order valence-corrected chi connectivity index (χ0v) is 19.2. The summed E-state index contributed by atoms with van der Waals surface area (Å²) in [6, 6.07) is 14.3. The minimum Gasteiger partial charge on any atom is -0.497 e. The van der Waals surface area contributed by atoms with Crippen LogP contribution in [-0.2, 0) is 25.8 Å². The van der Waals surface area contributed by atoms with Crippen molar-refractivity contribution in [3.8, 4) is 5.75 Å². The SMILES string of the molecule is COc1cccc(CNC(=O)c2cn(Cc3ccc(Cn4cc(C)cn4)cc3)nc2C(F)(F)F)c1. The number of alkyl halides is 3. The van der Waals surface area contributed by atoms with Crippen LogP contribution in [-0.4, -0.2) is 32.6 Å². The van der Waals surface area contributed by atoms with E-state index >= 15 is 0 Å². The highest BCUT2D eigenvalue weighted by atomic mass is 19.4. The zero-order chi connectivity index (χ0) is 25.0. The highest BCUT2D eigenvalue weighted by Gasteiger charge is 2.39. The Bertz CT molecular complexity index is 1310. The lowest BCUT2D eigenvalue weighted by atomic mass is 10.1. The number of methoxy groups -OCH3 is 1. The third-order valence-electron chi connectivity index (χ3n) is 5.34. The number of hydrogen-bond donors (Lipinski definition) is 1. The Morgan fingerprint density at radius 2 is 1.69 bits per heavy atom. The molecule has 0 aliphatic heterocycles. The Labute approximate surface area is 200 Å². The summed E-state index contributed by atoms with van der Waals surface area (Å²) in [5, 5.41) is 10.5. The van der Waals surface area contributed by atoms with Gasteiger partial charge in [-0.2, -0.15) is 23.4 Å². The fourth-order valence-electron chi connectivity index (χ4n) is 3.62. The molecule has 0 spiro atoms. The van der Waals surface area contributed by atoms with Gasteiger partial charge in [-0.25, -0.2) is 0 Å². The van der Waals surface area contributed by atoms with Gasteiger partial charge in [-0.1, -0.05) is 36.4 Å². The third-order valence-corrected chi connectivity index (χ3v) is 5.34. The first-order chi connectivity index (χ1) is 16.7. The molecule has 0 atom stereocenters. The molecule has 7 nitrogen and oxygen atoms in total. The van der Waals surface area contributed by atoms with E-state index in [-0.39, 0.29) is 13.1 Å². The number of amides is 1. The number of carbonyl (C=O) groups is 1. The Morgan fingerprint density at radius 1 is 1.00 bits per heavy atom. The lowest BCUT2D eigenvalue weighted by Crippen LogP contribution is -2.25. The summed E-state index contributed by atoms with van der Waals surface area (Å²) in [5.41, 5.74) is 1.78. The van der Waals surface area contributed by atoms with Crippen LogP contribution in [0.1, 0.15) is 38.3 Å². The van der Waals surface area contributed by atoms with Crippen molar-refractivity contribution in [2.75, 3.05) is 7.11 Å². The summed E-state index contributed by atoms with van der Waals surface area (Å²) in [7, 11) is 1.51. The third kappa shape index (κ3) is 6.08. The van der Waals surface area contributed by atoms with Crippen LogP contribution in [0.25, 0.3) is 0 Å². The van der Waals surface area contributed by atoms with Crippen molar-refractivity contribution in [2.24, 2.45) is 0 Å². The topological polar surface area (TPSA) is 74.0 Å². The van der Waals surface area contributed by atoms with E-state index in [1.165, 1.54) is 7.11 Å². The number of nitrogens with one attached hydrogen (secondary N) is 1. The van der Waals surface area contributed by atoms with Crippen molar-refractivity contribution in [3.05, 3.63) is 101 Å². The van der Waals surface area contributed by atoms with Gasteiger partial charge in [-0.3, -0.25) is 14.2 Å². The molecular weight excluding hydrogens is 459 g/mol. The van der Waals surface area contributed by atoms with Crippen molar-refractivity contribution >= 4 is 5.91 Å². The quantitative estimate of drug-likeness (QED) is 0.402. The summed E-state index contributed by atoms with van der Waals surface area (Å²) in [6.45, 7) is 2.69. The Kier molecular flexibility index (Phi) is 6.90. The summed E-state index contributed by atoms with van der Waals surface area (Å²) >= 11 is 0. The van der Waals surface area contributed by atoms with Gasteiger partial charge in [-0.05, 0) is 41.3 Å². The normalized spacial score (nSPS) is 11.5. The van der Waals surface area contributed by atoms with Crippen molar-refractivity contribution in [2.45, 2.75) is 32.7 Å². The number of hydrogen-bond acceptors (Lipinski definition) is 4. The van der Waals surface area contributed by atoms with E-state index in [1.54, 1.807) is 30.5 Å². The Balaban J connectivity index is 1.47. The van der Waals surface area contributed by atoms with E-state index in [2.05, 4.69) is 15.5 Å². The number of rotatable bonds is 8. The molecular formula is C25H24F3N5O2. The van der Waals surface area contributed by atoms with Crippen LogP contribution in [0.5, 0.6) is 5.75 Å². The fraction of sp³-hybridized carbons (Fsp3) is 0.240. The second-order valence-corrected chi connectivity index (χ2v) is 8.15. The van der Waals surface area contributed by atoms with Crippen LogP contribution in [0.2, 0.25) is 0 Å². The molecule has 2 heterocycles. The maximum atomic E-state index is 13.6. The molecule has 2 aromatic heterocycles. The molecule has 0 fully saturated rings. The first-order valence-electron chi connectivity index (χ1n) is 10.8. The Morgan fingerprint density at radius 3 is 2.29 bits per heavy atom. The molecule has 2 aromatic carbocycles. The molecule has 1 amide bonds. The Hall–Kier alpha value is -4.08. The van der Waals surface area contributed by atoms with E-state index in [0.29, 0.717) is 17.9 Å². The summed E-state index contributed by atoms with van der Waals surface area (Å²) in [6.07, 6.45) is 0.0652. The average molecular weight is 483 g/mol. The predicted octanol–water partition coefficient (Wildman–Crippen LogP) is 4.44. The number of benzene rings is 2.